The van der Waals surface area contributed by atoms with Gasteiger partial charge in [0, 0.05) is 6.54 Å². The molecule has 0 aliphatic heterocycles. The summed E-state index contributed by atoms with van der Waals surface area (Å²) >= 11 is 0. The fourth-order valence-corrected chi connectivity index (χ4v) is 1.67. The van der Waals surface area contributed by atoms with E-state index in [1.54, 1.807) is 28.9 Å². The average molecular weight is 301 g/mol. The Hall–Kier alpha value is -2.95. The molecule has 0 atom stereocenters. The summed E-state index contributed by atoms with van der Waals surface area (Å²) < 4.78 is 11.9. The zero-order valence-electron chi connectivity index (χ0n) is 12.1. The molecule has 0 aliphatic carbocycles. The summed E-state index contributed by atoms with van der Waals surface area (Å²) in [6, 6.07) is 8.46. The van der Waals surface area contributed by atoms with Crippen LogP contribution in [0.3, 0.4) is 0 Å². The molecule has 2 rings (SSSR count). The fourth-order valence-electron chi connectivity index (χ4n) is 1.67. The summed E-state index contributed by atoms with van der Waals surface area (Å²) in [5, 5.41) is 19.8. The van der Waals surface area contributed by atoms with Gasteiger partial charge in [0.2, 0.25) is 0 Å². The average Bonchev–Trinajstić information content (AvgIpc) is 2.99. The minimum absolute atomic E-state index is 0.00254. The lowest BCUT2D eigenvalue weighted by Gasteiger charge is -2.07. The van der Waals surface area contributed by atoms with Crippen LogP contribution >= 0.6 is 0 Å². The molecule has 22 heavy (non-hydrogen) atoms. The molecular formula is C14H15N5O3. The van der Waals surface area contributed by atoms with Crippen molar-refractivity contribution in [3.8, 4) is 11.8 Å². The minimum atomic E-state index is -0.518. The number of nitrogens with zero attached hydrogens (tertiary/aromatic N) is 5. The topological polar surface area (TPSA) is 103 Å². The fraction of sp³-hybridized carbons (Fsp3) is 0.357. The van der Waals surface area contributed by atoms with Gasteiger partial charge in [-0.3, -0.25) is 0 Å². The third-order valence-electron chi connectivity index (χ3n) is 2.74. The second kappa shape index (κ2) is 7.73. The van der Waals surface area contributed by atoms with Crippen LogP contribution in [0.15, 0.2) is 24.3 Å². The van der Waals surface area contributed by atoms with E-state index in [1.807, 2.05) is 13.0 Å². The van der Waals surface area contributed by atoms with Crippen LogP contribution in [0, 0.1) is 11.3 Å². The van der Waals surface area contributed by atoms with Crippen molar-refractivity contribution in [1.29, 1.82) is 5.26 Å². The Morgan fingerprint density at radius 3 is 2.82 bits per heavy atom. The predicted octanol–water partition coefficient (Wildman–Crippen LogP) is 1.08. The number of carbonyl (C=O) groups excluding carboxylic acids is 1. The molecule has 114 valence electrons. The van der Waals surface area contributed by atoms with E-state index < -0.39 is 5.97 Å². The monoisotopic (exact) mass is 301 g/mol. The van der Waals surface area contributed by atoms with Crippen LogP contribution in [0.5, 0.6) is 5.75 Å². The second-order valence-corrected chi connectivity index (χ2v) is 4.40. The molecule has 0 N–H and O–H groups in total. The number of aryl methyl sites for hydroxylation is 1. The number of rotatable bonds is 7. The van der Waals surface area contributed by atoms with E-state index in [0.29, 0.717) is 23.7 Å². The molecule has 0 radical (unpaired) electrons. The predicted molar refractivity (Wildman–Crippen MR) is 74.6 cm³/mol. The molecule has 0 saturated carbocycles. The van der Waals surface area contributed by atoms with Gasteiger partial charge in [-0.25, -0.2) is 9.48 Å². The molecule has 1 heterocycles. The van der Waals surface area contributed by atoms with Crippen LogP contribution < -0.4 is 4.74 Å². The maximum absolute atomic E-state index is 11.6. The summed E-state index contributed by atoms with van der Waals surface area (Å²) in [7, 11) is 0. The van der Waals surface area contributed by atoms with E-state index in [9.17, 15) is 4.79 Å². The Morgan fingerprint density at radius 1 is 1.36 bits per heavy atom. The molecule has 0 fully saturated rings. The van der Waals surface area contributed by atoms with Gasteiger partial charge in [-0.1, -0.05) is 6.92 Å². The van der Waals surface area contributed by atoms with Crippen molar-refractivity contribution in [3.63, 3.8) is 0 Å². The summed E-state index contributed by atoms with van der Waals surface area (Å²) in [4.78, 5) is 11.6. The van der Waals surface area contributed by atoms with Crippen molar-refractivity contribution in [2.24, 2.45) is 0 Å². The molecule has 8 nitrogen and oxygen atoms in total. The van der Waals surface area contributed by atoms with Gasteiger partial charge in [0.05, 0.1) is 11.6 Å². The van der Waals surface area contributed by atoms with Gasteiger partial charge in [0.1, 0.15) is 5.75 Å². The second-order valence-electron chi connectivity index (χ2n) is 4.40. The first-order chi connectivity index (χ1) is 10.7. The number of aromatic nitrogens is 4. The number of hydrogen-bond donors (Lipinski definition) is 0. The van der Waals surface area contributed by atoms with Gasteiger partial charge in [0.25, 0.3) is 0 Å². The molecule has 0 bridgehead atoms. The van der Waals surface area contributed by atoms with Crippen LogP contribution in [-0.2, 0) is 22.7 Å². The zero-order valence-corrected chi connectivity index (χ0v) is 12.1. The van der Waals surface area contributed by atoms with Gasteiger partial charge in [-0.05, 0) is 41.1 Å². The molecule has 0 spiro atoms. The Kier molecular flexibility index (Phi) is 5.43. The van der Waals surface area contributed by atoms with Gasteiger partial charge in [0.15, 0.2) is 19.0 Å². The molecular weight excluding hydrogens is 286 g/mol. The first-order valence-corrected chi connectivity index (χ1v) is 6.76. The number of tetrazole rings is 1. The van der Waals surface area contributed by atoms with Crippen LogP contribution in [0.1, 0.15) is 24.7 Å². The minimum Gasteiger partial charge on any atom is -0.482 e. The summed E-state index contributed by atoms with van der Waals surface area (Å²) in [6.45, 7) is 2.45. The Morgan fingerprint density at radius 2 is 2.14 bits per heavy atom. The Bertz CT molecular complexity index is 660. The highest BCUT2D eigenvalue weighted by Crippen LogP contribution is 2.11. The van der Waals surface area contributed by atoms with Crippen LogP contribution in [0.2, 0.25) is 0 Å². The number of ether oxygens (including phenoxy) is 2. The molecule has 8 heteroatoms. The third kappa shape index (κ3) is 4.28. The Labute approximate surface area is 127 Å². The summed E-state index contributed by atoms with van der Waals surface area (Å²) in [5.41, 5.74) is 0.526. The molecule has 1 aromatic heterocycles. The third-order valence-corrected chi connectivity index (χ3v) is 2.74. The number of esters is 1. The first-order valence-electron chi connectivity index (χ1n) is 6.76. The summed E-state index contributed by atoms with van der Waals surface area (Å²) in [6.07, 6.45) is 0.883. The molecule has 2 aromatic rings. The van der Waals surface area contributed by atoms with Gasteiger partial charge in [-0.2, -0.15) is 5.26 Å². The summed E-state index contributed by atoms with van der Waals surface area (Å²) in [5.74, 6) is 0.468. The lowest BCUT2D eigenvalue weighted by Crippen LogP contribution is -2.16. The SMILES string of the molecule is CCCn1nnnc1COC(=O)COc1ccc(C#N)cc1. The maximum atomic E-state index is 11.6. The van der Waals surface area contributed by atoms with E-state index in [2.05, 4.69) is 15.5 Å². The van der Waals surface area contributed by atoms with Crippen molar-refractivity contribution < 1.29 is 14.3 Å². The largest absolute Gasteiger partial charge is 0.482 e. The quantitative estimate of drug-likeness (QED) is 0.705. The number of hydrogen-bond acceptors (Lipinski definition) is 7. The van der Waals surface area contributed by atoms with Crippen molar-refractivity contribution in [3.05, 3.63) is 35.7 Å². The lowest BCUT2D eigenvalue weighted by molar-refractivity contribution is -0.147. The van der Waals surface area contributed by atoms with Gasteiger partial charge in [-0.15, -0.1) is 5.10 Å². The molecule has 0 unspecified atom stereocenters. The van der Waals surface area contributed by atoms with Crippen LogP contribution in [-0.4, -0.2) is 32.8 Å². The smallest absolute Gasteiger partial charge is 0.344 e. The zero-order chi connectivity index (χ0) is 15.8. The normalized spacial score (nSPS) is 10.0. The van der Waals surface area contributed by atoms with E-state index in [1.165, 1.54) is 0 Å². The lowest BCUT2D eigenvalue weighted by atomic mass is 10.2. The Balaban J connectivity index is 1.78. The van der Waals surface area contributed by atoms with Crippen LogP contribution in [0.4, 0.5) is 0 Å². The van der Waals surface area contributed by atoms with Crippen molar-refractivity contribution >= 4 is 5.97 Å². The standard InChI is InChI=1S/C14H15N5O3/c1-2-7-19-13(16-17-18-19)9-22-14(20)10-21-12-5-3-11(8-15)4-6-12/h3-6H,2,7,9-10H2,1H3. The highest BCUT2D eigenvalue weighted by molar-refractivity contribution is 5.71. The van der Waals surface area contributed by atoms with Gasteiger partial charge >= 0.3 is 5.97 Å². The van der Waals surface area contributed by atoms with Gasteiger partial charge < -0.3 is 9.47 Å². The van der Waals surface area contributed by atoms with E-state index in [4.69, 9.17) is 14.7 Å². The number of benzene rings is 1. The van der Waals surface area contributed by atoms with Crippen molar-refractivity contribution in [1.82, 2.24) is 20.2 Å². The van der Waals surface area contributed by atoms with Crippen LogP contribution in [0.25, 0.3) is 0 Å². The first kappa shape index (κ1) is 15.4. The van der Waals surface area contributed by atoms with E-state index >= 15 is 0 Å². The highest BCUT2D eigenvalue weighted by Gasteiger charge is 2.10. The van der Waals surface area contributed by atoms with Crippen molar-refractivity contribution in [2.45, 2.75) is 26.5 Å². The molecule has 0 amide bonds. The van der Waals surface area contributed by atoms with E-state index in [-0.39, 0.29) is 13.2 Å². The van der Waals surface area contributed by atoms with E-state index in [0.717, 1.165) is 6.42 Å². The molecule has 1 aromatic carbocycles. The maximum Gasteiger partial charge on any atom is 0.344 e. The van der Waals surface area contributed by atoms with Crippen molar-refractivity contribution in [2.75, 3.05) is 6.61 Å². The number of carbonyl (C=O) groups is 1. The number of nitriles is 1. The molecule has 0 aliphatic rings. The molecule has 0 saturated heterocycles. The highest BCUT2D eigenvalue weighted by atomic mass is 16.6.